The van der Waals surface area contributed by atoms with E-state index in [0.29, 0.717) is 6.42 Å². The molecule has 0 bridgehead atoms. The molecular formula is C19H28O4. The number of rotatable bonds is 4. The van der Waals surface area contributed by atoms with Gasteiger partial charge in [-0.15, -0.1) is 0 Å². The van der Waals surface area contributed by atoms with Crippen molar-refractivity contribution in [3.8, 4) is 0 Å². The minimum absolute atomic E-state index is 0.0663. The van der Waals surface area contributed by atoms with Gasteiger partial charge in [0.25, 0.3) is 0 Å². The fourth-order valence-electron chi connectivity index (χ4n) is 4.03. The van der Waals surface area contributed by atoms with E-state index < -0.39 is 17.4 Å². The number of allylic oxidation sites excluding steroid dienone is 4. The van der Waals surface area contributed by atoms with Crippen LogP contribution >= 0.6 is 0 Å². The highest BCUT2D eigenvalue weighted by atomic mass is 16.6. The van der Waals surface area contributed by atoms with Gasteiger partial charge < -0.3 is 9.47 Å². The van der Waals surface area contributed by atoms with E-state index in [2.05, 4.69) is 12.2 Å². The molecule has 4 heteroatoms. The average molecular weight is 320 g/mol. The van der Waals surface area contributed by atoms with Gasteiger partial charge in [0.1, 0.15) is 0 Å². The topological polar surface area (TPSA) is 52.6 Å². The van der Waals surface area contributed by atoms with Gasteiger partial charge in [0.2, 0.25) is 0 Å². The van der Waals surface area contributed by atoms with Crippen molar-refractivity contribution in [1.82, 2.24) is 0 Å². The minimum atomic E-state index is -1.18. The van der Waals surface area contributed by atoms with Crippen LogP contribution in [-0.4, -0.2) is 25.2 Å². The summed E-state index contributed by atoms with van der Waals surface area (Å²) >= 11 is 0. The quantitative estimate of drug-likeness (QED) is 0.449. The molecule has 0 heterocycles. The van der Waals surface area contributed by atoms with Crippen LogP contribution in [0.3, 0.4) is 0 Å². The lowest BCUT2D eigenvalue weighted by atomic mass is 9.72. The zero-order valence-electron chi connectivity index (χ0n) is 14.5. The van der Waals surface area contributed by atoms with Crippen LogP contribution in [0, 0.1) is 17.3 Å². The van der Waals surface area contributed by atoms with Crippen LogP contribution < -0.4 is 0 Å². The van der Waals surface area contributed by atoms with Gasteiger partial charge in [-0.05, 0) is 52.4 Å². The highest BCUT2D eigenvalue weighted by Gasteiger charge is 2.61. The van der Waals surface area contributed by atoms with Gasteiger partial charge in [-0.3, -0.25) is 9.59 Å². The Hall–Kier alpha value is -1.58. The second-order valence-electron chi connectivity index (χ2n) is 6.30. The normalized spacial score (nSPS) is 29.3. The number of hydrogen-bond acceptors (Lipinski definition) is 4. The van der Waals surface area contributed by atoms with Crippen molar-refractivity contribution in [2.45, 2.75) is 52.9 Å². The van der Waals surface area contributed by atoms with Gasteiger partial charge in [-0.2, -0.15) is 0 Å². The predicted molar refractivity (Wildman–Crippen MR) is 88.7 cm³/mol. The molecule has 2 rings (SSSR count). The van der Waals surface area contributed by atoms with Gasteiger partial charge >= 0.3 is 11.9 Å². The molecule has 2 aliphatic carbocycles. The van der Waals surface area contributed by atoms with Crippen LogP contribution in [-0.2, 0) is 19.1 Å². The third-order valence-corrected chi connectivity index (χ3v) is 5.11. The number of fused-ring (bicyclic) bond motifs is 1. The molecule has 0 aromatic carbocycles. The third-order valence-electron chi connectivity index (χ3n) is 5.11. The smallest absolute Gasteiger partial charge is 0.324 e. The maximum absolute atomic E-state index is 12.8. The molecule has 23 heavy (non-hydrogen) atoms. The van der Waals surface area contributed by atoms with E-state index in [1.54, 1.807) is 13.8 Å². The summed E-state index contributed by atoms with van der Waals surface area (Å²) in [5.41, 5.74) is -0.0329. The van der Waals surface area contributed by atoms with Crippen LogP contribution in [0.1, 0.15) is 52.9 Å². The Morgan fingerprint density at radius 3 is 2.43 bits per heavy atom. The Labute approximate surface area is 138 Å². The summed E-state index contributed by atoms with van der Waals surface area (Å²) in [5, 5.41) is 0. The molecule has 0 aromatic heterocycles. The summed E-state index contributed by atoms with van der Waals surface area (Å²) in [6.07, 6.45) is 10.8. The van der Waals surface area contributed by atoms with E-state index in [4.69, 9.17) is 9.47 Å². The Morgan fingerprint density at radius 1 is 1.22 bits per heavy atom. The number of carbonyl (C=O) groups excluding carboxylic acids is 2. The lowest BCUT2D eigenvalue weighted by molar-refractivity contribution is -0.175. The van der Waals surface area contributed by atoms with E-state index in [-0.39, 0.29) is 25.0 Å². The number of hydrogen-bond donors (Lipinski definition) is 0. The summed E-state index contributed by atoms with van der Waals surface area (Å²) in [4.78, 5) is 25.6. The molecule has 0 aromatic rings. The van der Waals surface area contributed by atoms with Crippen molar-refractivity contribution in [3.63, 3.8) is 0 Å². The van der Waals surface area contributed by atoms with Crippen LogP contribution in [0.5, 0.6) is 0 Å². The predicted octanol–water partition coefficient (Wildman–Crippen LogP) is 3.81. The number of carbonyl (C=O) groups is 2. The van der Waals surface area contributed by atoms with E-state index in [0.717, 1.165) is 31.3 Å². The Balaban J connectivity index is 2.50. The first-order valence-electron chi connectivity index (χ1n) is 8.78. The van der Waals surface area contributed by atoms with Crippen molar-refractivity contribution in [1.29, 1.82) is 0 Å². The fourth-order valence-corrected chi connectivity index (χ4v) is 4.03. The standard InChI is InChI=1S/C19H28O4/c1-4-14-13-19(17(20)22-5-2,18(21)23-6-3)16-12-10-8-7-9-11-15(14)16/h4,9,11,15-16H,5-8,10,12-13H2,1-3H3/b11-9-,14-4-/t15-,16+/m1/s1. The maximum Gasteiger partial charge on any atom is 0.324 e. The summed E-state index contributed by atoms with van der Waals surface area (Å²) < 4.78 is 10.6. The molecule has 128 valence electrons. The van der Waals surface area contributed by atoms with Crippen LogP contribution in [0.15, 0.2) is 23.8 Å². The molecule has 0 spiro atoms. The lowest BCUT2D eigenvalue weighted by Crippen LogP contribution is -2.46. The third kappa shape index (κ3) is 3.22. The van der Waals surface area contributed by atoms with E-state index in [9.17, 15) is 9.59 Å². The number of esters is 2. The monoisotopic (exact) mass is 320 g/mol. The Bertz CT molecular complexity index is 485. The molecule has 2 aliphatic rings. The van der Waals surface area contributed by atoms with Gasteiger partial charge in [-0.1, -0.05) is 30.2 Å². The van der Waals surface area contributed by atoms with Crippen molar-refractivity contribution in [3.05, 3.63) is 23.8 Å². The Morgan fingerprint density at radius 2 is 1.87 bits per heavy atom. The molecular weight excluding hydrogens is 292 g/mol. The molecule has 0 N–H and O–H groups in total. The molecule has 0 saturated heterocycles. The highest BCUT2D eigenvalue weighted by Crippen LogP contribution is 2.54. The average Bonchev–Trinajstić information content (AvgIpc) is 2.81. The largest absolute Gasteiger partial charge is 0.465 e. The molecule has 0 unspecified atom stereocenters. The first-order chi connectivity index (χ1) is 11.1. The number of ether oxygens (including phenoxy) is 2. The van der Waals surface area contributed by atoms with Gasteiger partial charge in [0, 0.05) is 5.92 Å². The van der Waals surface area contributed by atoms with Crippen molar-refractivity contribution < 1.29 is 19.1 Å². The first-order valence-corrected chi connectivity index (χ1v) is 8.78. The zero-order chi connectivity index (χ0) is 16.9. The highest BCUT2D eigenvalue weighted by molar-refractivity contribution is 6.01. The molecule has 0 aliphatic heterocycles. The molecule has 2 atom stereocenters. The van der Waals surface area contributed by atoms with Crippen LogP contribution in [0.4, 0.5) is 0 Å². The molecule has 4 nitrogen and oxygen atoms in total. The zero-order valence-corrected chi connectivity index (χ0v) is 14.5. The summed E-state index contributed by atoms with van der Waals surface area (Å²) in [6.45, 7) is 6.08. The second kappa shape index (κ2) is 7.80. The van der Waals surface area contributed by atoms with Gasteiger partial charge in [0.05, 0.1) is 13.2 Å². The molecule has 0 radical (unpaired) electrons. The fraction of sp³-hybridized carbons (Fsp3) is 0.684. The van der Waals surface area contributed by atoms with Gasteiger partial charge in [0.15, 0.2) is 5.41 Å². The summed E-state index contributed by atoms with van der Waals surface area (Å²) in [6, 6.07) is 0. The maximum atomic E-state index is 12.8. The van der Waals surface area contributed by atoms with Crippen molar-refractivity contribution in [2.24, 2.45) is 17.3 Å². The molecule has 1 saturated carbocycles. The summed E-state index contributed by atoms with van der Waals surface area (Å²) in [5.74, 6) is -0.768. The van der Waals surface area contributed by atoms with Gasteiger partial charge in [-0.25, -0.2) is 0 Å². The first kappa shape index (κ1) is 17.8. The SMILES string of the molecule is C/C=C1/CC(C(=O)OCC)(C(=O)OCC)[C@H]2CCCC/C=C\[C@H]12. The van der Waals surface area contributed by atoms with Crippen molar-refractivity contribution >= 4 is 11.9 Å². The van der Waals surface area contributed by atoms with Crippen LogP contribution in [0.25, 0.3) is 0 Å². The van der Waals surface area contributed by atoms with E-state index in [1.807, 2.05) is 13.0 Å². The van der Waals surface area contributed by atoms with Crippen molar-refractivity contribution in [2.75, 3.05) is 13.2 Å². The second-order valence-corrected chi connectivity index (χ2v) is 6.30. The summed E-state index contributed by atoms with van der Waals surface area (Å²) in [7, 11) is 0. The minimum Gasteiger partial charge on any atom is -0.465 e. The molecule has 0 amide bonds. The van der Waals surface area contributed by atoms with E-state index in [1.165, 1.54) is 0 Å². The molecule has 1 fully saturated rings. The van der Waals surface area contributed by atoms with Crippen LogP contribution in [0.2, 0.25) is 0 Å². The lowest BCUT2D eigenvalue weighted by Gasteiger charge is -2.32. The Kier molecular flexibility index (Phi) is 6.03. The van der Waals surface area contributed by atoms with E-state index >= 15 is 0 Å².